The van der Waals surface area contributed by atoms with E-state index in [1.807, 2.05) is 0 Å². The molecule has 0 unspecified atom stereocenters. The maximum atomic E-state index is 12.1. The zero-order valence-corrected chi connectivity index (χ0v) is 12.2. The second-order valence-electron chi connectivity index (χ2n) is 4.80. The van der Waals surface area contributed by atoms with E-state index in [0.29, 0.717) is 11.3 Å². The number of aromatic nitrogens is 2. The molecule has 1 amide bonds. The molecular formula is C14H14F3N3O3. The van der Waals surface area contributed by atoms with Gasteiger partial charge in [0.25, 0.3) is 0 Å². The van der Waals surface area contributed by atoms with E-state index in [1.165, 1.54) is 18.5 Å². The van der Waals surface area contributed by atoms with Crippen LogP contribution >= 0.6 is 0 Å². The molecule has 0 aromatic carbocycles. The van der Waals surface area contributed by atoms with Crippen LogP contribution in [0.4, 0.5) is 13.2 Å². The van der Waals surface area contributed by atoms with Crippen molar-refractivity contribution in [3.05, 3.63) is 41.4 Å². The van der Waals surface area contributed by atoms with Crippen molar-refractivity contribution in [2.24, 2.45) is 0 Å². The second-order valence-corrected chi connectivity index (χ2v) is 4.80. The Morgan fingerprint density at radius 2 is 2.22 bits per heavy atom. The molecule has 2 aromatic rings. The second kappa shape index (κ2) is 7.12. The van der Waals surface area contributed by atoms with Gasteiger partial charge in [-0.2, -0.15) is 13.2 Å². The number of ether oxygens (including phenoxy) is 1. The molecule has 2 aromatic heterocycles. The molecule has 0 saturated heterocycles. The zero-order chi connectivity index (χ0) is 16.9. The van der Waals surface area contributed by atoms with Crippen LogP contribution in [-0.2, 0) is 17.8 Å². The summed E-state index contributed by atoms with van der Waals surface area (Å²) in [4.78, 5) is 15.5. The maximum absolute atomic E-state index is 12.1. The highest BCUT2D eigenvalue weighted by Crippen LogP contribution is 2.17. The van der Waals surface area contributed by atoms with Crippen molar-refractivity contribution in [3.63, 3.8) is 0 Å². The molecule has 0 aliphatic heterocycles. The first-order chi connectivity index (χ1) is 10.8. The largest absolute Gasteiger partial charge is 0.468 e. The lowest BCUT2D eigenvalue weighted by molar-refractivity contribution is -0.154. The van der Waals surface area contributed by atoms with Gasteiger partial charge < -0.3 is 14.6 Å². The van der Waals surface area contributed by atoms with Crippen molar-refractivity contribution in [1.82, 2.24) is 15.5 Å². The third-order valence-electron chi connectivity index (χ3n) is 2.85. The van der Waals surface area contributed by atoms with Gasteiger partial charge in [0.15, 0.2) is 6.61 Å². The van der Waals surface area contributed by atoms with Crippen molar-refractivity contribution in [1.29, 1.82) is 0 Å². The van der Waals surface area contributed by atoms with E-state index < -0.39 is 12.8 Å². The fraction of sp³-hybridized carbons (Fsp3) is 0.357. The summed E-state index contributed by atoms with van der Waals surface area (Å²) in [7, 11) is 0. The Hall–Kier alpha value is -2.58. The number of hydrogen-bond acceptors (Lipinski definition) is 5. The first kappa shape index (κ1) is 16.8. The summed E-state index contributed by atoms with van der Waals surface area (Å²) in [6.07, 6.45) is -1.61. The van der Waals surface area contributed by atoms with Gasteiger partial charge in [-0.15, -0.1) is 0 Å². The molecule has 0 aliphatic rings. The summed E-state index contributed by atoms with van der Waals surface area (Å²) >= 11 is 0. The minimum atomic E-state index is -4.43. The summed E-state index contributed by atoms with van der Waals surface area (Å²) in [6, 6.07) is 2.91. The molecule has 2 heterocycles. The highest BCUT2D eigenvalue weighted by Gasteiger charge is 2.28. The number of nitrogens with zero attached hydrogens (tertiary/aromatic N) is 2. The SMILES string of the molecule is Cc1conc1CC(=O)NCc1ccnc(OCC(F)(F)F)c1. The molecule has 0 aliphatic carbocycles. The summed E-state index contributed by atoms with van der Waals surface area (Å²) < 4.78 is 45.5. The van der Waals surface area contributed by atoms with E-state index >= 15 is 0 Å². The van der Waals surface area contributed by atoms with Gasteiger partial charge in [-0.25, -0.2) is 4.98 Å². The number of carbonyl (C=O) groups is 1. The average molecular weight is 329 g/mol. The summed E-state index contributed by atoms with van der Waals surface area (Å²) in [5.74, 6) is -0.432. The molecule has 0 atom stereocenters. The van der Waals surface area contributed by atoms with Crippen LogP contribution < -0.4 is 10.1 Å². The Balaban J connectivity index is 1.85. The maximum Gasteiger partial charge on any atom is 0.422 e. The molecular weight excluding hydrogens is 315 g/mol. The lowest BCUT2D eigenvalue weighted by atomic mass is 10.2. The smallest absolute Gasteiger partial charge is 0.422 e. The monoisotopic (exact) mass is 329 g/mol. The molecule has 2 rings (SSSR count). The normalized spacial score (nSPS) is 11.3. The number of aryl methyl sites for hydroxylation is 1. The van der Waals surface area contributed by atoms with Crippen molar-refractivity contribution in [3.8, 4) is 5.88 Å². The lowest BCUT2D eigenvalue weighted by Crippen LogP contribution is -2.25. The average Bonchev–Trinajstić information content (AvgIpc) is 2.88. The van der Waals surface area contributed by atoms with Gasteiger partial charge in [-0.1, -0.05) is 5.16 Å². The highest BCUT2D eigenvalue weighted by atomic mass is 19.4. The number of halogens is 3. The predicted octanol–water partition coefficient (Wildman–Crippen LogP) is 2.18. The van der Waals surface area contributed by atoms with Gasteiger partial charge in [-0.05, 0) is 18.6 Å². The van der Waals surface area contributed by atoms with E-state index in [4.69, 9.17) is 4.52 Å². The molecule has 23 heavy (non-hydrogen) atoms. The van der Waals surface area contributed by atoms with E-state index in [2.05, 4.69) is 20.2 Å². The molecule has 0 spiro atoms. The van der Waals surface area contributed by atoms with Crippen molar-refractivity contribution >= 4 is 5.91 Å². The Morgan fingerprint density at radius 1 is 1.43 bits per heavy atom. The summed E-state index contributed by atoms with van der Waals surface area (Å²) in [5.41, 5.74) is 1.88. The third kappa shape index (κ3) is 5.61. The van der Waals surface area contributed by atoms with Crippen LogP contribution in [0.5, 0.6) is 5.88 Å². The number of rotatable bonds is 6. The topological polar surface area (TPSA) is 77.3 Å². The third-order valence-corrected chi connectivity index (χ3v) is 2.85. The van der Waals surface area contributed by atoms with Crippen LogP contribution in [0.3, 0.4) is 0 Å². The molecule has 1 N–H and O–H groups in total. The Bertz CT molecular complexity index is 671. The Labute approximate surface area is 129 Å². The number of alkyl halides is 3. The standard InChI is InChI=1S/C14H14F3N3O3/c1-9-7-23-20-11(9)5-12(21)19-6-10-2-3-18-13(4-10)22-8-14(15,16)17/h2-4,7H,5-6,8H2,1H3,(H,19,21). The zero-order valence-electron chi connectivity index (χ0n) is 12.2. The van der Waals surface area contributed by atoms with Crippen LogP contribution in [-0.4, -0.2) is 28.8 Å². The van der Waals surface area contributed by atoms with Crippen LogP contribution in [0, 0.1) is 6.92 Å². The van der Waals surface area contributed by atoms with E-state index in [9.17, 15) is 18.0 Å². The van der Waals surface area contributed by atoms with Crippen LogP contribution in [0.1, 0.15) is 16.8 Å². The summed E-state index contributed by atoms with van der Waals surface area (Å²) in [6.45, 7) is 0.494. The van der Waals surface area contributed by atoms with Crippen molar-refractivity contribution < 1.29 is 27.2 Å². The minimum Gasteiger partial charge on any atom is -0.468 e. The van der Waals surface area contributed by atoms with Gasteiger partial charge in [-0.3, -0.25) is 4.79 Å². The molecule has 124 valence electrons. The van der Waals surface area contributed by atoms with Crippen LogP contribution in [0.25, 0.3) is 0 Å². The lowest BCUT2D eigenvalue weighted by Gasteiger charge is -2.09. The van der Waals surface area contributed by atoms with Gasteiger partial charge in [0.05, 0.1) is 12.1 Å². The first-order valence-corrected chi connectivity index (χ1v) is 6.64. The minimum absolute atomic E-state index is 0.0604. The van der Waals surface area contributed by atoms with Gasteiger partial charge >= 0.3 is 6.18 Å². The quantitative estimate of drug-likeness (QED) is 0.879. The molecule has 6 nitrogen and oxygen atoms in total. The number of hydrogen-bond donors (Lipinski definition) is 1. The number of carbonyl (C=O) groups excluding carboxylic acids is 1. The fourth-order valence-corrected chi connectivity index (χ4v) is 1.69. The van der Waals surface area contributed by atoms with Gasteiger partial charge in [0.1, 0.15) is 6.26 Å². The van der Waals surface area contributed by atoms with Crippen LogP contribution in [0.15, 0.2) is 29.1 Å². The Kier molecular flexibility index (Phi) is 5.20. The molecule has 9 heteroatoms. The van der Waals surface area contributed by atoms with E-state index in [-0.39, 0.29) is 24.8 Å². The number of nitrogens with one attached hydrogen (secondary N) is 1. The fourth-order valence-electron chi connectivity index (χ4n) is 1.69. The van der Waals surface area contributed by atoms with Gasteiger partial charge in [0.2, 0.25) is 11.8 Å². The predicted molar refractivity (Wildman–Crippen MR) is 72.6 cm³/mol. The molecule has 0 bridgehead atoms. The molecule has 0 radical (unpaired) electrons. The van der Waals surface area contributed by atoms with Crippen molar-refractivity contribution in [2.45, 2.75) is 26.1 Å². The Morgan fingerprint density at radius 3 is 2.87 bits per heavy atom. The van der Waals surface area contributed by atoms with Gasteiger partial charge in [0, 0.05) is 24.4 Å². The first-order valence-electron chi connectivity index (χ1n) is 6.64. The highest BCUT2D eigenvalue weighted by molar-refractivity contribution is 5.78. The summed E-state index contributed by atoms with van der Waals surface area (Å²) in [5, 5.41) is 6.34. The molecule has 0 fully saturated rings. The van der Waals surface area contributed by atoms with Crippen LogP contribution in [0.2, 0.25) is 0 Å². The van der Waals surface area contributed by atoms with E-state index in [1.54, 1.807) is 13.0 Å². The number of amides is 1. The molecule has 0 saturated carbocycles. The van der Waals surface area contributed by atoms with Crippen molar-refractivity contribution in [2.75, 3.05) is 6.61 Å². The van der Waals surface area contributed by atoms with E-state index in [0.717, 1.165) is 5.56 Å². The number of pyridine rings is 1.